The Labute approximate surface area is 186 Å². The summed E-state index contributed by atoms with van der Waals surface area (Å²) in [6, 6.07) is 4.05. The smallest absolute Gasteiger partial charge is 0.203 e. The highest BCUT2D eigenvalue weighted by molar-refractivity contribution is 5.79. The number of nitrogens with one attached hydrogen (secondary N) is 1. The molecule has 3 rings (SSSR count). The van der Waals surface area contributed by atoms with E-state index in [0.717, 1.165) is 76.3 Å². The van der Waals surface area contributed by atoms with Crippen LogP contribution in [0.2, 0.25) is 0 Å². The third kappa shape index (κ3) is 6.90. The number of benzene rings is 1. The summed E-state index contributed by atoms with van der Waals surface area (Å²) >= 11 is 0. The van der Waals surface area contributed by atoms with Gasteiger partial charge in [-0.15, -0.1) is 0 Å². The van der Waals surface area contributed by atoms with Crippen LogP contribution in [-0.2, 0) is 11.3 Å². The second-order valence-corrected chi connectivity index (χ2v) is 8.14. The maximum absolute atomic E-state index is 5.71. The number of nitrogens with zero attached hydrogens (tertiary/aromatic N) is 3. The van der Waals surface area contributed by atoms with Crippen LogP contribution < -0.4 is 19.5 Å². The van der Waals surface area contributed by atoms with Crippen LogP contribution in [0.15, 0.2) is 17.1 Å². The molecular weight excluding hydrogens is 396 g/mol. The maximum Gasteiger partial charge on any atom is 0.203 e. The number of hydrogen-bond donors (Lipinski definition) is 1. The lowest BCUT2D eigenvalue weighted by Gasteiger charge is -2.36. The van der Waals surface area contributed by atoms with Crippen molar-refractivity contribution < 1.29 is 18.9 Å². The standard InChI is InChI=1S/C23H38N4O4/c1-24-23(25-8-5-13-31-17-18-6-7-18)27-11-9-26(10-12-27)16-19-14-20(28-2)22(30-4)21(15-19)29-3/h14-15,18H,5-13,16-17H2,1-4H3,(H,24,25). The van der Waals surface area contributed by atoms with E-state index in [0.29, 0.717) is 17.2 Å². The minimum Gasteiger partial charge on any atom is -0.493 e. The van der Waals surface area contributed by atoms with E-state index >= 15 is 0 Å². The van der Waals surface area contributed by atoms with Gasteiger partial charge in [0.25, 0.3) is 0 Å². The molecule has 1 N–H and O–H groups in total. The molecule has 1 heterocycles. The lowest BCUT2D eigenvalue weighted by Crippen LogP contribution is -2.52. The molecule has 2 aliphatic rings. The van der Waals surface area contributed by atoms with E-state index in [-0.39, 0.29) is 0 Å². The van der Waals surface area contributed by atoms with Gasteiger partial charge in [-0.25, -0.2) is 0 Å². The Morgan fingerprint density at radius 3 is 2.26 bits per heavy atom. The topological polar surface area (TPSA) is 67.8 Å². The molecule has 8 nitrogen and oxygen atoms in total. The van der Waals surface area contributed by atoms with Crippen molar-refractivity contribution in [3.8, 4) is 17.2 Å². The van der Waals surface area contributed by atoms with Crippen LogP contribution in [0, 0.1) is 5.92 Å². The Bertz CT molecular complexity index is 691. The van der Waals surface area contributed by atoms with Crippen LogP contribution >= 0.6 is 0 Å². The fourth-order valence-corrected chi connectivity index (χ4v) is 3.84. The number of rotatable bonds is 11. The summed E-state index contributed by atoms with van der Waals surface area (Å²) in [6.45, 7) is 7.33. The van der Waals surface area contributed by atoms with Crippen LogP contribution in [0.3, 0.4) is 0 Å². The molecule has 31 heavy (non-hydrogen) atoms. The van der Waals surface area contributed by atoms with Crippen LogP contribution in [0.1, 0.15) is 24.8 Å². The summed E-state index contributed by atoms with van der Waals surface area (Å²) in [7, 11) is 6.78. The van der Waals surface area contributed by atoms with E-state index < -0.39 is 0 Å². The number of piperazine rings is 1. The molecule has 174 valence electrons. The first-order valence-corrected chi connectivity index (χ1v) is 11.2. The van der Waals surface area contributed by atoms with Gasteiger partial charge in [0, 0.05) is 59.5 Å². The van der Waals surface area contributed by atoms with E-state index in [4.69, 9.17) is 18.9 Å². The monoisotopic (exact) mass is 434 g/mol. The van der Waals surface area contributed by atoms with Crippen LogP contribution in [0.25, 0.3) is 0 Å². The van der Waals surface area contributed by atoms with Crippen LogP contribution in [0.4, 0.5) is 0 Å². The van der Waals surface area contributed by atoms with E-state index in [9.17, 15) is 0 Å². The highest BCUT2D eigenvalue weighted by Crippen LogP contribution is 2.38. The van der Waals surface area contributed by atoms with Gasteiger partial charge in [-0.3, -0.25) is 9.89 Å². The third-order valence-corrected chi connectivity index (χ3v) is 5.81. The number of ether oxygens (including phenoxy) is 4. The molecule has 0 unspecified atom stereocenters. The van der Waals surface area contributed by atoms with E-state index in [1.807, 2.05) is 19.2 Å². The van der Waals surface area contributed by atoms with Crippen molar-refractivity contribution >= 4 is 5.96 Å². The zero-order chi connectivity index (χ0) is 22.1. The zero-order valence-electron chi connectivity index (χ0n) is 19.5. The predicted molar refractivity (Wildman–Crippen MR) is 122 cm³/mol. The van der Waals surface area contributed by atoms with Crippen LogP contribution in [0.5, 0.6) is 17.2 Å². The normalized spacial score (nSPS) is 17.5. The molecule has 0 aromatic heterocycles. The molecule has 0 atom stereocenters. The zero-order valence-corrected chi connectivity index (χ0v) is 19.5. The molecule has 1 aromatic carbocycles. The molecule has 1 aliphatic carbocycles. The van der Waals surface area contributed by atoms with Gasteiger partial charge < -0.3 is 29.2 Å². The van der Waals surface area contributed by atoms with Gasteiger partial charge in [-0.2, -0.15) is 0 Å². The molecule has 1 saturated carbocycles. The summed E-state index contributed by atoms with van der Waals surface area (Å²) < 4.78 is 22.1. The van der Waals surface area contributed by atoms with Gasteiger partial charge >= 0.3 is 0 Å². The SMILES string of the molecule is CN=C(NCCCOCC1CC1)N1CCN(Cc2cc(OC)c(OC)c(OC)c2)CC1. The minimum absolute atomic E-state index is 0.631. The number of hydrogen-bond acceptors (Lipinski definition) is 6. The fraction of sp³-hybridized carbons (Fsp3) is 0.696. The summed E-state index contributed by atoms with van der Waals surface area (Å²) in [6.07, 6.45) is 3.69. The number of methoxy groups -OCH3 is 3. The second kappa shape index (κ2) is 12.0. The van der Waals surface area contributed by atoms with Gasteiger partial charge in [0.2, 0.25) is 5.75 Å². The summed E-state index contributed by atoms with van der Waals surface area (Å²) in [5.41, 5.74) is 1.15. The van der Waals surface area contributed by atoms with E-state index in [1.54, 1.807) is 21.3 Å². The van der Waals surface area contributed by atoms with Gasteiger partial charge in [-0.1, -0.05) is 0 Å². The van der Waals surface area contributed by atoms with Crippen molar-refractivity contribution in [3.63, 3.8) is 0 Å². The maximum atomic E-state index is 5.71. The molecule has 1 aliphatic heterocycles. The summed E-state index contributed by atoms with van der Waals surface area (Å²) in [5.74, 6) is 3.83. The first-order chi connectivity index (χ1) is 15.2. The minimum atomic E-state index is 0.631. The van der Waals surface area contributed by atoms with E-state index in [2.05, 4.69) is 20.1 Å². The molecule has 0 bridgehead atoms. The molecule has 1 saturated heterocycles. The van der Waals surface area contributed by atoms with Gasteiger partial charge in [0.1, 0.15) is 0 Å². The van der Waals surface area contributed by atoms with Crippen molar-refractivity contribution in [3.05, 3.63) is 17.7 Å². The molecule has 2 fully saturated rings. The highest BCUT2D eigenvalue weighted by Gasteiger charge is 2.22. The summed E-state index contributed by atoms with van der Waals surface area (Å²) in [5, 5.41) is 3.48. The van der Waals surface area contributed by atoms with Crippen LogP contribution in [-0.4, -0.2) is 90.1 Å². The number of guanidine groups is 1. The van der Waals surface area contributed by atoms with E-state index in [1.165, 1.54) is 12.8 Å². The Kier molecular flexibility index (Phi) is 9.09. The molecule has 8 heteroatoms. The first-order valence-electron chi connectivity index (χ1n) is 11.2. The van der Waals surface area contributed by atoms with Crippen molar-refractivity contribution in [2.45, 2.75) is 25.8 Å². The van der Waals surface area contributed by atoms with Crippen molar-refractivity contribution in [1.82, 2.24) is 15.1 Å². The lowest BCUT2D eigenvalue weighted by molar-refractivity contribution is 0.122. The average Bonchev–Trinajstić information content (AvgIpc) is 3.63. The molecule has 0 amide bonds. The predicted octanol–water partition coefficient (Wildman–Crippen LogP) is 2.22. The average molecular weight is 435 g/mol. The largest absolute Gasteiger partial charge is 0.493 e. The first kappa shape index (κ1) is 23.5. The third-order valence-electron chi connectivity index (χ3n) is 5.81. The fourth-order valence-electron chi connectivity index (χ4n) is 3.84. The van der Waals surface area contributed by atoms with Gasteiger partial charge in [0.15, 0.2) is 17.5 Å². The second-order valence-electron chi connectivity index (χ2n) is 8.14. The van der Waals surface area contributed by atoms with Crippen molar-refractivity contribution in [1.29, 1.82) is 0 Å². The number of aliphatic imine (C=N–C) groups is 1. The molecular formula is C23H38N4O4. The molecule has 0 spiro atoms. The molecule has 1 aromatic rings. The Morgan fingerprint density at radius 2 is 1.71 bits per heavy atom. The van der Waals surface area contributed by atoms with Crippen molar-refractivity contribution in [2.24, 2.45) is 10.9 Å². The Balaban J connectivity index is 1.43. The Hall–Kier alpha value is -2.19. The molecule has 0 radical (unpaired) electrons. The van der Waals surface area contributed by atoms with Crippen molar-refractivity contribution in [2.75, 3.05) is 74.3 Å². The Morgan fingerprint density at radius 1 is 1.03 bits per heavy atom. The van der Waals surface area contributed by atoms with Gasteiger partial charge in [0.05, 0.1) is 21.3 Å². The van der Waals surface area contributed by atoms with Gasteiger partial charge in [-0.05, 0) is 42.9 Å². The lowest BCUT2D eigenvalue weighted by atomic mass is 10.1. The summed E-state index contributed by atoms with van der Waals surface area (Å²) in [4.78, 5) is 9.24. The quantitative estimate of drug-likeness (QED) is 0.325. The highest BCUT2D eigenvalue weighted by atomic mass is 16.5.